The van der Waals surface area contributed by atoms with Crippen molar-refractivity contribution in [1.29, 1.82) is 0 Å². The van der Waals surface area contributed by atoms with Crippen LogP contribution in [0.1, 0.15) is 31.2 Å². The predicted octanol–water partition coefficient (Wildman–Crippen LogP) is 1.62. The number of nitrogens with one attached hydrogen (secondary N) is 1. The second-order valence-electron chi connectivity index (χ2n) is 4.88. The average Bonchev–Trinajstić information content (AvgIpc) is 2.33. The summed E-state index contributed by atoms with van der Waals surface area (Å²) in [5, 5.41) is 0. The topological polar surface area (TPSA) is 67.1 Å². The first-order valence-corrected chi connectivity index (χ1v) is 6.18. The van der Waals surface area contributed by atoms with Crippen LogP contribution in [-0.2, 0) is 0 Å². The Balaban J connectivity index is 2.28. The van der Waals surface area contributed by atoms with Gasteiger partial charge < -0.3 is 10.3 Å². The molecule has 0 aromatic carbocycles. The molecule has 2 heterocycles. The smallest absolute Gasteiger partial charge is 0.148 e. The lowest BCUT2D eigenvalue weighted by Crippen LogP contribution is -2.34. The summed E-state index contributed by atoms with van der Waals surface area (Å²) in [6.45, 7) is 8.37. The first-order valence-electron chi connectivity index (χ1n) is 6.18. The zero-order valence-corrected chi connectivity index (χ0v) is 10.8. The fraction of sp³-hybridized carbons (Fsp3) is 0.667. The first kappa shape index (κ1) is 12.1. The van der Waals surface area contributed by atoms with Crippen molar-refractivity contribution in [2.24, 2.45) is 11.8 Å². The van der Waals surface area contributed by atoms with E-state index in [1.165, 1.54) is 12.8 Å². The lowest BCUT2D eigenvalue weighted by atomic mass is 9.99. The van der Waals surface area contributed by atoms with Gasteiger partial charge in [0.1, 0.15) is 17.5 Å². The molecule has 0 atom stereocenters. The van der Waals surface area contributed by atoms with Gasteiger partial charge in [-0.1, -0.05) is 6.92 Å². The van der Waals surface area contributed by atoms with Crippen molar-refractivity contribution in [3.8, 4) is 0 Å². The third-order valence-electron chi connectivity index (χ3n) is 3.45. The van der Waals surface area contributed by atoms with Gasteiger partial charge in [0.2, 0.25) is 0 Å². The van der Waals surface area contributed by atoms with Gasteiger partial charge in [-0.2, -0.15) is 0 Å². The summed E-state index contributed by atoms with van der Waals surface area (Å²) in [4.78, 5) is 11.2. The number of nitrogens with zero attached hydrogens (tertiary/aromatic N) is 3. The molecule has 0 saturated carbocycles. The predicted molar refractivity (Wildman–Crippen MR) is 69.9 cm³/mol. The molecule has 1 fully saturated rings. The molecule has 3 N–H and O–H groups in total. The Hall–Kier alpha value is -1.36. The molecular formula is C12H21N5. The maximum atomic E-state index is 5.48. The van der Waals surface area contributed by atoms with Crippen LogP contribution in [0.5, 0.6) is 0 Å². The van der Waals surface area contributed by atoms with E-state index in [2.05, 4.69) is 27.2 Å². The maximum Gasteiger partial charge on any atom is 0.148 e. The molecule has 5 nitrogen and oxygen atoms in total. The summed E-state index contributed by atoms with van der Waals surface area (Å²) in [5.74, 6) is 8.82. The van der Waals surface area contributed by atoms with E-state index in [4.69, 9.17) is 5.84 Å². The van der Waals surface area contributed by atoms with Crippen LogP contribution in [0.4, 0.5) is 11.6 Å². The zero-order chi connectivity index (χ0) is 12.4. The molecular weight excluding hydrogens is 214 g/mol. The number of nitrogens with two attached hydrogens (primary N) is 1. The largest absolute Gasteiger partial charge is 0.356 e. The molecule has 0 bridgehead atoms. The van der Waals surface area contributed by atoms with Crippen LogP contribution in [-0.4, -0.2) is 23.1 Å². The van der Waals surface area contributed by atoms with E-state index < -0.39 is 0 Å². The molecule has 94 valence electrons. The first-order chi connectivity index (χ1) is 8.11. The quantitative estimate of drug-likeness (QED) is 0.602. The number of aryl methyl sites for hydroxylation is 1. The van der Waals surface area contributed by atoms with Crippen LogP contribution in [0.15, 0.2) is 0 Å². The number of nitrogen functional groups attached to an aromatic ring is 1. The van der Waals surface area contributed by atoms with Gasteiger partial charge in [-0.25, -0.2) is 15.8 Å². The molecule has 17 heavy (non-hydrogen) atoms. The van der Waals surface area contributed by atoms with E-state index in [1.807, 2.05) is 13.8 Å². The normalized spacial score (nSPS) is 17.3. The summed E-state index contributed by atoms with van der Waals surface area (Å²) < 4.78 is 0. The summed E-state index contributed by atoms with van der Waals surface area (Å²) >= 11 is 0. The van der Waals surface area contributed by atoms with E-state index in [0.717, 1.165) is 42.0 Å². The summed E-state index contributed by atoms with van der Waals surface area (Å²) in [5.41, 5.74) is 3.68. The van der Waals surface area contributed by atoms with Crippen LogP contribution in [0, 0.1) is 19.8 Å². The highest BCUT2D eigenvalue weighted by atomic mass is 15.3. The zero-order valence-electron chi connectivity index (χ0n) is 10.8. The molecule has 1 saturated heterocycles. The number of hydrogen-bond acceptors (Lipinski definition) is 5. The molecule has 1 aromatic heterocycles. The molecule has 1 aromatic rings. The Labute approximate surface area is 102 Å². The van der Waals surface area contributed by atoms with Gasteiger partial charge >= 0.3 is 0 Å². The fourth-order valence-electron chi connectivity index (χ4n) is 2.28. The van der Waals surface area contributed by atoms with Crippen molar-refractivity contribution >= 4 is 11.6 Å². The van der Waals surface area contributed by atoms with Gasteiger partial charge in [-0.15, -0.1) is 0 Å². The monoisotopic (exact) mass is 235 g/mol. The van der Waals surface area contributed by atoms with Crippen LogP contribution in [0.25, 0.3) is 0 Å². The van der Waals surface area contributed by atoms with Gasteiger partial charge in [0.15, 0.2) is 0 Å². The second kappa shape index (κ2) is 4.87. The second-order valence-corrected chi connectivity index (χ2v) is 4.88. The average molecular weight is 235 g/mol. The Bertz CT molecular complexity index is 396. The van der Waals surface area contributed by atoms with Crippen LogP contribution in [0.2, 0.25) is 0 Å². The molecule has 0 unspecified atom stereocenters. The van der Waals surface area contributed by atoms with E-state index in [1.54, 1.807) is 0 Å². The van der Waals surface area contributed by atoms with Gasteiger partial charge in [0, 0.05) is 18.7 Å². The SMILES string of the molecule is Cc1nc(NN)c(C)c(N2CCC(C)CC2)n1. The molecule has 0 aliphatic carbocycles. The number of hydrazine groups is 1. The number of piperidine rings is 1. The minimum Gasteiger partial charge on any atom is -0.356 e. The highest BCUT2D eigenvalue weighted by molar-refractivity contribution is 5.58. The third-order valence-corrected chi connectivity index (χ3v) is 3.45. The van der Waals surface area contributed by atoms with Crippen LogP contribution >= 0.6 is 0 Å². The minimum atomic E-state index is 0.728. The van der Waals surface area contributed by atoms with Gasteiger partial charge in [-0.05, 0) is 32.6 Å². The lowest BCUT2D eigenvalue weighted by Gasteiger charge is -2.32. The van der Waals surface area contributed by atoms with E-state index in [0.29, 0.717) is 0 Å². The van der Waals surface area contributed by atoms with Crippen molar-refractivity contribution in [2.45, 2.75) is 33.6 Å². The summed E-state index contributed by atoms with van der Waals surface area (Å²) in [7, 11) is 0. The van der Waals surface area contributed by atoms with Crippen molar-refractivity contribution < 1.29 is 0 Å². The van der Waals surface area contributed by atoms with Crippen molar-refractivity contribution in [1.82, 2.24) is 9.97 Å². The molecule has 1 aliphatic rings. The molecule has 5 heteroatoms. The molecule has 0 spiro atoms. The Morgan fingerprint density at radius 3 is 2.47 bits per heavy atom. The highest BCUT2D eigenvalue weighted by Crippen LogP contribution is 2.27. The molecule has 0 amide bonds. The van der Waals surface area contributed by atoms with Gasteiger partial charge in [0.25, 0.3) is 0 Å². The Kier molecular flexibility index (Phi) is 3.47. The minimum absolute atomic E-state index is 0.728. The third kappa shape index (κ3) is 2.49. The number of hydrogen-bond donors (Lipinski definition) is 2. The van der Waals surface area contributed by atoms with Gasteiger partial charge in [-0.3, -0.25) is 0 Å². The number of rotatable bonds is 2. The van der Waals surface area contributed by atoms with Crippen LogP contribution < -0.4 is 16.2 Å². The van der Waals surface area contributed by atoms with Crippen molar-refractivity contribution in [2.75, 3.05) is 23.4 Å². The molecule has 2 rings (SSSR count). The maximum absolute atomic E-state index is 5.48. The molecule has 0 radical (unpaired) electrons. The standard InChI is InChI=1S/C12H21N5/c1-8-4-6-17(7-5-8)12-9(2)11(16-13)14-10(3)15-12/h8H,4-7,13H2,1-3H3,(H,14,15,16). The lowest BCUT2D eigenvalue weighted by molar-refractivity contribution is 0.436. The summed E-state index contributed by atoms with van der Waals surface area (Å²) in [6, 6.07) is 0. The highest BCUT2D eigenvalue weighted by Gasteiger charge is 2.20. The number of aromatic nitrogens is 2. The van der Waals surface area contributed by atoms with E-state index in [-0.39, 0.29) is 0 Å². The Morgan fingerprint density at radius 2 is 1.88 bits per heavy atom. The van der Waals surface area contributed by atoms with Crippen molar-refractivity contribution in [3.05, 3.63) is 11.4 Å². The van der Waals surface area contributed by atoms with Gasteiger partial charge in [0.05, 0.1) is 0 Å². The fourth-order valence-corrected chi connectivity index (χ4v) is 2.28. The Morgan fingerprint density at radius 1 is 1.24 bits per heavy atom. The van der Waals surface area contributed by atoms with Crippen LogP contribution in [0.3, 0.4) is 0 Å². The van der Waals surface area contributed by atoms with Crippen molar-refractivity contribution in [3.63, 3.8) is 0 Å². The van der Waals surface area contributed by atoms with E-state index in [9.17, 15) is 0 Å². The summed E-state index contributed by atoms with van der Waals surface area (Å²) in [6.07, 6.45) is 2.46. The van der Waals surface area contributed by atoms with E-state index >= 15 is 0 Å². The number of anilines is 2. The molecule has 1 aliphatic heterocycles.